The molecule has 0 aromatic carbocycles. The van der Waals surface area contributed by atoms with Gasteiger partial charge in [0.25, 0.3) is 5.56 Å². The minimum atomic E-state index is -0.0644. The normalized spacial score (nSPS) is 11.0. The maximum Gasteiger partial charge on any atom is 0.262 e. The summed E-state index contributed by atoms with van der Waals surface area (Å²) in [4.78, 5) is 26.0. The van der Waals surface area contributed by atoms with Gasteiger partial charge in [-0.1, -0.05) is 0 Å². The Morgan fingerprint density at radius 2 is 2.14 bits per heavy atom. The molecule has 114 valence electrons. The second kappa shape index (κ2) is 5.84. The summed E-state index contributed by atoms with van der Waals surface area (Å²) < 4.78 is 1.68. The molecule has 6 nitrogen and oxygen atoms in total. The van der Waals surface area contributed by atoms with Crippen molar-refractivity contribution in [2.45, 2.75) is 27.3 Å². The van der Waals surface area contributed by atoms with Crippen LogP contribution in [0.15, 0.2) is 22.4 Å². The summed E-state index contributed by atoms with van der Waals surface area (Å²) in [5.74, 6) is 0.552. The van der Waals surface area contributed by atoms with Gasteiger partial charge in [0, 0.05) is 30.1 Å². The first kappa shape index (κ1) is 14.6. The summed E-state index contributed by atoms with van der Waals surface area (Å²) in [6.07, 6.45) is 1.71. The zero-order valence-corrected chi connectivity index (χ0v) is 13.6. The third-order valence-electron chi connectivity index (χ3n) is 3.45. The van der Waals surface area contributed by atoms with Gasteiger partial charge in [-0.15, -0.1) is 11.3 Å². The fourth-order valence-corrected chi connectivity index (χ4v) is 3.07. The molecule has 0 radical (unpaired) electrons. The maximum atomic E-state index is 12.7. The monoisotopic (exact) mass is 315 g/mol. The van der Waals surface area contributed by atoms with Crippen LogP contribution in [0, 0.1) is 6.92 Å². The van der Waals surface area contributed by atoms with Crippen molar-refractivity contribution in [3.63, 3.8) is 0 Å². The molecule has 0 bridgehead atoms. The van der Waals surface area contributed by atoms with E-state index in [-0.39, 0.29) is 5.56 Å². The molecule has 3 aromatic heterocycles. The molecular formula is C15H17N5OS. The van der Waals surface area contributed by atoms with Crippen molar-refractivity contribution < 1.29 is 0 Å². The van der Waals surface area contributed by atoms with Crippen molar-refractivity contribution in [2.75, 3.05) is 11.9 Å². The summed E-state index contributed by atoms with van der Waals surface area (Å²) in [5, 5.41) is 6.58. The van der Waals surface area contributed by atoms with Crippen LogP contribution in [0.5, 0.6) is 0 Å². The molecule has 0 aliphatic rings. The molecule has 0 unspecified atom stereocenters. The number of hydrogen-bond acceptors (Lipinski definition) is 6. The highest BCUT2D eigenvalue weighted by Crippen LogP contribution is 2.24. The van der Waals surface area contributed by atoms with E-state index in [4.69, 9.17) is 0 Å². The van der Waals surface area contributed by atoms with Gasteiger partial charge < -0.3 is 5.32 Å². The number of pyridine rings is 1. The molecule has 0 amide bonds. The Labute approximate surface area is 131 Å². The number of anilines is 1. The smallest absolute Gasteiger partial charge is 0.262 e. The van der Waals surface area contributed by atoms with Crippen LogP contribution in [-0.4, -0.2) is 26.1 Å². The van der Waals surface area contributed by atoms with Crippen LogP contribution in [0.1, 0.15) is 19.5 Å². The lowest BCUT2D eigenvalue weighted by molar-refractivity contribution is 0.749. The first-order chi connectivity index (χ1) is 10.7. The van der Waals surface area contributed by atoms with Gasteiger partial charge in [-0.3, -0.25) is 9.36 Å². The fourth-order valence-electron chi connectivity index (χ4n) is 2.43. The first-order valence-corrected chi connectivity index (χ1v) is 8.09. The highest BCUT2D eigenvalue weighted by molar-refractivity contribution is 7.13. The number of aryl methyl sites for hydroxylation is 2. The Bertz CT molecular complexity index is 870. The van der Waals surface area contributed by atoms with E-state index in [2.05, 4.69) is 20.3 Å². The van der Waals surface area contributed by atoms with Gasteiger partial charge in [0.1, 0.15) is 10.7 Å². The molecule has 7 heteroatoms. The van der Waals surface area contributed by atoms with Crippen molar-refractivity contribution in [1.82, 2.24) is 19.5 Å². The fraction of sp³-hybridized carbons (Fsp3) is 0.333. The Morgan fingerprint density at radius 3 is 2.77 bits per heavy atom. The minimum Gasteiger partial charge on any atom is -0.354 e. The summed E-state index contributed by atoms with van der Waals surface area (Å²) in [6, 6.07) is 1.85. The molecule has 0 saturated carbocycles. The van der Waals surface area contributed by atoms with Gasteiger partial charge in [-0.2, -0.15) is 4.98 Å². The number of nitrogens with one attached hydrogen (secondary N) is 1. The summed E-state index contributed by atoms with van der Waals surface area (Å²) in [6.45, 7) is 7.15. The quantitative estimate of drug-likeness (QED) is 0.801. The summed E-state index contributed by atoms with van der Waals surface area (Å²) in [5.41, 5.74) is 2.05. The lowest BCUT2D eigenvalue weighted by Gasteiger charge is -2.12. The topological polar surface area (TPSA) is 72.7 Å². The number of aromatic nitrogens is 4. The van der Waals surface area contributed by atoms with Crippen LogP contribution in [0.3, 0.4) is 0 Å². The first-order valence-electron chi connectivity index (χ1n) is 7.21. The van der Waals surface area contributed by atoms with Crippen molar-refractivity contribution in [1.29, 1.82) is 0 Å². The van der Waals surface area contributed by atoms with Crippen molar-refractivity contribution in [3.05, 3.63) is 33.7 Å². The Balaban J connectivity index is 2.36. The van der Waals surface area contributed by atoms with Crippen LogP contribution in [0.4, 0.5) is 5.95 Å². The van der Waals surface area contributed by atoms with E-state index in [9.17, 15) is 4.79 Å². The summed E-state index contributed by atoms with van der Waals surface area (Å²) >= 11 is 1.46. The third-order valence-corrected chi connectivity index (χ3v) is 4.26. The van der Waals surface area contributed by atoms with Crippen LogP contribution < -0.4 is 10.9 Å². The predicted molar refractivity (Wildman–Crippen MR) is 89.5 cm³/mol. The second-order valence-corrected chi connectivity index (χ2v) is 5.74. The standard InChI is InChI=1S/C15H17N5OS/c1-4-16-15-18-9(3)10-8-11(13-17-6-7-22-13)14(21)20(5-2)12(10)19-15/h6-8H,4-5H2,1-3H3,(H,16,18,19). The van der Waals surface area contributed by atoms with Crippen LogP contribution in [0.2, 0.25) is 0 Å². The molecule has 0 atom stereocenters. The van der Waals surface area contributed by atoms with E-state index < -0.39 is 0 Å². The van der Waals surface area contributed by atoms with Gasteiger partial charge in [0.05, 0.1) is 11.3 Å². The van der Waals surface area contributed by atoms with E-state index in [0.717, 1.165) is 22.6 Å². The Morgan fingerprint density at radius 1 is 1.32 bits per heavy atom. The van der Waals surface area contributed by atoms with Gasteiger partial charge in [-0.25, -0.2) is 9.97 Å². The predicted octanol–water partition coefficient (Wildman–Crippen LogP) is 2.68. The molecule has 3 aromatic rings. The molecular weight excluding hydrogens is 298 g/mol. The number of hydrogen-bond donors (Lipinski definition) is 1. The SMILES string of the molecule is CCNc1nc(C)c2cc(-c3nccs3)c(=O)n(CC)c2n1. The number of rotatable bonds is 4. The zero-order chi connectivity index (χ0) is 15.7. The average Bonchev–Trinajstić information content (AvgIpc) is 3.01. The second-order valence-electron chi connectivity index (χ2n) is 4.84. The van der Waals surface area contributed by atoms with Crippen molar-refractivity contribution >= 4 is 28.3 Å². The lowest BCUT2D eigenvalue weighted by atomic mass is 10.2. The molecule has 22 heavy (non-hydrogen) atoms. The van der Waals surface area contributed by atoms with E-state index in [1.165, 1.54) is 11.3 Å². The zero-order valence-electron chi connectivity index (χ0n) is 12.8. The molecule has 0 aliphatic carbocycles. The lowest BCUT2D eigenvalue weighted by Crippen LogP contribution is -2.23. The van der Waals surface area contributed by atoms with E-state index in [1.54, 1.807) is 10.8 Å². The molecule has 3 heterocycles. The van der Waals surface area contributed by atoms with Crippen molar-refractivity contribution in [2.24, 2.45) is 0 Å². The third kappa shape index (κ3) is 2.37. The maximum absolute atomic E-state index is 12.7. The van der Waals surface area contributed by atoms with Crippen LogP contribution in [-0.2, 0) is 6.54 Å². The van der Waals surface area contributed by atoms with Gasteiger partial charge in [0.15, 0.2) is 0 Å². The molecule has 3 rings (SSSR count). The van der Waals surface area contributed by atoms with Gasteiger partial charge in [-0.05, 0) is 26.8 Å². The van der Waals surface area contributed by atoms with Crippen molar-refractivity contribution in [3.8, 4) is 10.6 Å². The van der Waals surface area contributed by atoms with Crippen LogP contribution in [0.25, 0.3) is 21.6 Å². The molecule has 0 fully saturated rings. The number of fused-ring (bicyclic) bond motifs is 1. The Kier molecular flexibility index (Phi) is 3.89. The average molecular weight is 315 g/mol. The van der Waals surface area contributed by atoms with Gasteiger partial charge in [0.2, 0.25) is 5.95 Å². The molecule has 0 aliphatic heterocycles. The van der Waals surface area contributed by atoms with Gasteiger partial charge >= 0.3 is 0 Å². The van der Waals surface area contributed by atoms with E-state index in [0.29, 0.717) is 23.7 Å². The number of nitrogens with zero attached hydrogens (tertiary/aromatic N) is 4. The molecule has 1 N–H and O–H groups in total. The van der Waals surface area contributed by atoms with E-state index >= 15 is 0 Å². The van der Waals surface area contributed by atoms with Crippen LogP contribution >= 0.6 is 11.3 Å². The molecule has 0 spiro atoms. The highest BCUT2D eigenvalue weighted by Gasteiger charge is 2.15. The molecule has 0 saturated heterocycles. The van der Waals surface area contributed by atoms with E-state index in [1.807, 2.05) is 32.2 Å². The Hall–Kier alpha value is -2.28. The minimum absolute atomic E-state index is 0.0644. The highest BCUT2D eigenvalue weighted by atomic mass is 32.1. The largest absolute Gasteiger partial charge is 0.354 e. The summed E-state index contributed by atoms with van der Waals surface area (Å²) in [7, 11) is 0. The number of thiazole rings is 1.